The Morgan fingerprint density at radius 2 is 1.78 bits per heavy atom. The first-order chi connectivity index (χ1) is 8.66. The number of hydrogen-bond acceptors (Lipinski definition) is 5. The lowest BCUT2D eigenvalue weighted by Crippen LogP contribution is -2.29. The molecule has 7 nitrogen and oxygen atoms in total. The third-order valence-corrected chi connectivity index (χ3v) is 2.74. The molecule has 2 amide bonds. The van der Waals surface area contributed by atoms with E-state index in [4.69, 9.17) is 5.73 Å². The predicted molar refractivity (Wildman–Crippen MR) is 61.4 cm³/mol. The molecule has 0 fully saturated rings. The van der Waals surface area contributed by atoms with E-state index in [-0.39, 0.29) is 24.3 Å². The maximum atomic E-state index is 12.0. The van der Waals surface area contributed by atoms with Crippen LogP contribution in [0.2, 0.25) is 0 Å². The van der Waals surface area contributed by atoms with E-state index < -0.39 is 0 Å². The number of aromatic nitrogens is 3. The van der Waals surface area contributed by atoms with Crippen LogP contribution < -0.4 is 5.73 Å². The van der Waals surface area contributed by atoms with E-state index in [9.17, 15) is 9.59 Å². The Morgan fingerprint density at radius 3 is 2.28 bits per heavy atom. The molecule has 18 heavy (non-hydrogen) atoms. The minimum absolute atomic E-state index is 0.0382. The maximum Gasteiger partial charge on any atom is 0.261 e. The highest BCUT2D eigenvalue weighted by Crippen LogP contribution is 2.23. The van der Waals surface area contributed by atoms with Crippen LogP contribution in [-0.4, -0.2) is 31.9 Å². The number of rotatable bonds is 2. The second-order valence-corrected chi connectivity index (χ2v) is 3.88. The monoisotopic (exact) mass is 243 g/mol. The van der Waals surface area contributed by atoms with Crippen molar-refractivity contribution in [1.82, 2.24) is 20.1 Å². The quantitative estimate of drug-likeness (QED) is 0.732. The van der Waals surface area contributed by atoms with Gasteiger partial charge in [0.1, 0.15) is 5.82 Å². The van der Waals surface area contributed by atoms with Crippen LogP contribution in [0.25, 0.3) is 0 Å². The highest BCUT2D eigenvalue weighted by Gasteiger charge is 2.35. The molecular weight excluding hydrogens is 234 g/mol. The number of benzene rings is 1. The molecule has 1 aromatic heterocycles. The highest BCUT2D eigenvalue weighted by molar-refractivity contribution is 6.21. The van der Waals surface area contributed by atoms with E-state index >= 15 is 0 Å². The van der Waals surface area contributed by atoms with Gasteiger partial charge in [-0.05, 0) is 12.1 Å². The molecule has 0 bridgehead atoms. The summed E-state index contributed by atoms with van der Waals surface area (Å²) >= 11 is 0. The van der Waals surface area contributed by atoms with Crippen molar-refractivity contribution in [3.05, 3.63) is 41.2 Å². The molecule has 1 aliphatic rings. The molecule has 3 rings (SSSR count). The first kappa shape index (κ1) is 10.5. The van der Waals surface area contributed by atoms with Gasteiger partial charge in [-0.3, -0.25) is 19.6 Å². The normalized spacial score (nSPS) is 14.1. The summed E-state index contributed by atoms with van der Waals surface area (Å²) < 4.78 is 0. The summed E-state index contributed by atoms with van der Waals surface area (Å²) in [5.74, 6) is -0.195. The van der Waals surface area contributed by atoms with Gasteiger partial charge in [0.15, 0.2) is 0 Å². The van der Waals surface area contributed by atoms with Crippen LogP contribution in [0.15, 0.2) is 24.3 Å². The molecule has 3 N–H and O–H groups in total. The average molecular weight is 243 g/mol. The number of nitrogens with one attached hydrogen (secondary N) is 1. The van der Waals surface area contributed by atoms with Gasteiger partial charge in [-0.2, -0.15) is 4.98 Å². The van der Waals surface area contributed by atoms with Crippen molar-refractivity contribution in [3.8, 4) is 0 Å². The smallest absolute Gasteiger partial charge is 0.261 e. The number of aromatic amines is 1. The number of anilines is 1. The van der Waals surface area contributed by atoms with Crippen molar-refractivity contribution >= 4 is 17.8 Å². The maximum absolute atomic E-state index is 12.0. The molecule has 7 heteroatoms. The van der Waals surface area contributed by atoms with Gasteiger partial charge in [0, 0.05) is 0 Å². The molecule has 0 spiro atoms. The van der Waals surface area contributed by atoms with Crippen LogP contribution in [-0.2, 0) is 6.54 Å². The number of hydrogen-bond donors (Lipinski definition) is 2. The van der Waals surface area contributed by atoms with E-state index in [0.29, 0.717) is 17.0 Å². The second kappa shape index (κ2) is 3.66. The second-order valence-electron chi connectivity index (χ2n) is 3.88. The molecule has 90 valence electrons. The zero-order valence-electron chi connectivity index (χ0n) is 9.25. The van der Waals surface area contributed by atoms with Crippen molar-refractivity contribution in [2.45, 2.75) is 6.54 Å². The lowest BCUT2D eigenvalue weighted by Gasteiger charge is -2.10. The number of carbonyl (C=O) groups is 2. The minimum Gasteiger partial charge on any atom is -0.367 e. The first-order valence-electron chi connectivity index (χ1n) is 5.29. The largest absolute Gasteiger partial charge is 0.367 e. The Bertz CT molecular complexity index is 613. The fourth-order valence-electron chi connectivity index (χ4n) is 1.91. The van der Waals surface area contributed by atoms with Crippen molar-refractivity contribution in [2.75, 3.05) is 5.73 Å². The van der Waals surface area contributed by atoms with Crippen molar-refractivity contribution in [3.63, 3.8) is 0 Å². The number of nitrogens with zero attached hydrogens (tertiary/aromatic N) is 3. The van der Waals surface area contributed by atoms with Crippen molar-refractivity contribution in [1.29, 1.82) is 0 Å². The molecule has 0 atom stereocenters. The number of nitrogens with two attached hydrogens (primary N) is 1. The number of amides is 2. The van der Waals surface area contributed by atoms with Gasteiger partial charge in [-0.15, -0.1) is 5.10 Å². The molecule has 2 aromatic rings. The molecule has 0 aliphatic carbocycles. The molecule has 2 heterocycles. The van der Waals surface area contributed by atoms with E-state index in [1.165, 1.54) is 0 Å². The summed E-state index contributed by atoms with van der Waals surface area (Å²) in [4.78, 5) is 29.0. The van der Waals surface area contributed by atoms with Gasteiger partial charge in [0.2, 0.25) is 5.95 Å². The van der Waals surface area contributed by atoms with Crippen LogP contribution >= 0.6 is 0 Å². The Labute approximate surface area is 102 Å². The van der Waals surface area contributed by atoms with E-state index in [0.717, 1.165) is 4.90 Å². The van der Waals surface area contributed by atoms with Crippen LogP contribution in [0.5, 0.6) is 0 Å². The fraction of sp³-hybridized carbons (Fsp3) is 0.0909. The third-order valence-electron chi connectivity index (χ3n) is 2.74. The van der Waals surface area contributed by atoms with Gasteiger partial charge in [0.05, 0.1) is 17.7 Å². The van der Waals surface area contributed by atoms with Crippen LogP contribution in [0.4, 0.5) is 5.95 Å². The van der Waals surface area contributed by atoms with Gasteiger partial charge >= 0.3 is 0 Å². The molecule has 0 saturated carbocycles. The molecule has 1 aromatic carbocycles. The molecule has 0 unspecified atom stereocenters. The van der Waals surface area contributed by atoms with Gasteiger partial charge in [0.25, 0.3) is 11.8 Å². The van der Waals surface area contributed by atoms with Crippen molar-refractivity contribution in [2.24, 2.45) is 0 Å². The Hall–Kier alpha value is -2.70. The Balaban J connectivity index is 1.92. The summed E-state index contributed by atoms with van der Waals surface area (Å²) in [6, 6.07) is 6.70. The fourth-order valence-corrected chi connectivity index (χ4v) is 1.91. The zero-order chi connectivity index (χ0) is 12.7. The summed E-state index contributed by atoms with van der Waals surface area (Å²) in [5, 5.41) is 6.22. The predicted octanol–water partition coefficient (Wildman–Crippen LogP) is 0.183. The van der Waals surface area contributed by atoms with Crippen LogP contribution in [0.3, 0.4) is 0 Å². The topological polar surface area (TPSA) is 105 Å². The molecule has 0 saturated heterocycles. The van der Waals surface area contributed by atoms with Crippen LogP contribution in [0, 0.1) is 0 Å². The SMILES string of the molecule is Nc1n[nH]c(CN2C(=O)c3ccccc3C2=O)n1. The summed E-state index contributed by atoms with van der Waals surface area (Å²) in [6.07, 6.45) is 0. The lowest BCUT2D eigenvalue weighted by atomic mass is 10.1. The van der Waals surface area contributed by atoms with E-state index in [2.05, 4.69) is 15.2 Å². The summed E-state index contributed by atoms with van der Waals surface area (Å²) in [5.41, 5.74) is 6.19. The van der Waals surface area contributed by atoms with Gasteiger partial charge in [-0.25, -0.2) is 0 Å². The standard InChI is InChI=1S/C11H9N5O2/c12-11-13-8(14-15-11)5-16-9(17)6-3-1-2-4-7(6)10(16)18/h1-4H,5H2,(H3,12,13,14,15). The summed E-state index contributed by atoms with van der Waals surface area (Å²) in [6.45, 7) is 0.0382. The number of nitrogen functional groups attached to an aromatic ring is 1. The number of carbonyl (C=O) groups excluding carboxylic acids is 2. The molecular formula is C11H9N5O2. The highest BCUT2D eigenvalue weighted by atomic mass is 16.2. The molecule has 0 radical (unpaired) electrons. The number of H-pyrrole nitrogens is 1. The average Bonchev–Trinajstić information content (AvgIpc) is 2.88. The Morgan fingerprint density at radius 1 is 1.17 bits per heavy atom. The number of fused-ring (bicyclic) bond motifs is 1. The lowest BCUT2D eigenvalue weighted by molar-refractivity contribution is 0.0638. The zero-order valence-corrected chi connectivity index (χ0v) is 9.25. The van der Waals surface area contributed by atoms with Gasteiger partial charge < -0.3 is 5.73 Å². The van der Waals surface area contributed by atoms with Crippen LogP contribution in [0.1, 0.15) is 26.5 Å². The Kier molecular flexibility index (Phi) is 2.12. The summed E-state index contributed by atoms with van der Waals surface area (Å²) in [7, 11) is 0. The first-order valence-corrected chi connectivity index (χ1v) is 5.29. The molecule has 1 aliphatic heterocycles. The van der Waals surface area contributed by atoms with Gasteiger partial charge in [-0.1, -0.05) is 12.1 Å². The third kappa shape index (κ3) is 1.45. The number of imide groups is 1. The van der Waals surface area contributed by atoms with Crippen molar-refractivity contribution < 1.29 is 9.59 Å². The minimum atomic E-state index is -0.328. The van der Waals surface area contributed by atoms with E-state index in [1.54, 1.807) is 24.3 Å². The van der Waals surface area contributed by atoms with E-state index in [1.807, 2.05) is 0 Å².